The second-order valence-electron chi connectivity index (χ2n) is 5.42. The topological polar surface area (TPSA) is 21.3 Å². The van der Waals surface area contributed by atoms with Gasteiger partial charge in [-0.25, -0.2) is 4.39 Å². The molecule has 0 radical (unpaired) electrons. The molecule has 0 heterocycles. The Morgan fingerprint density at radius 3 is 2.57 bits per heavy atom. The molecule has 0 bridgehead atoms. The lowest BCUT2D eigenvalue weighted by Crippen LogP contribution is -2.15. The molecule has 0 atom stereocenters. The zero-order valence-corrected chi connectivity index (χ0v) is 12.6. The van der Waals surface area contributed by atoms with E-state index < -0.39 is 0 Å². The van der Waals surface area contributed by atoms with E-state index in [1.807, 2.05) is 12.1 Å². The van der Waals surface area contributed by atoms with Crippen LogP contribution in [-0.2, 0) is 6.54 Å². The Morgan fingerprint density at radius 1 is 1.19 bits per heavy atom. The number of aryl methyl sites for hydroxylation is 1. The van der Waals surface area contributed by atoms with Crippen molar-refractivity contribution in [1.82, 2.24) is 5.32 Å². The summed E-state index contributed by atoms with van der Waals surface area (Å²) in [4.78, 5) is 0. The van der Waals surface area contributed by atoms with Crippen LogP contribution in [0.3, 0.4) is 0 Å². The Kier molecular flexibility index (Phi) is 4.13. The van der Waals surface area contributed by atoms with Crippen molar-refractivity contribution in [2.75, 3.05) is 0 Å². The van der Waals surface area contributed by atoms with Crippen LogP contribution < -0.4 is 10.1 Å². The van der Waals surface area contributed by atoms with Gasteiger partial charge in [-0.1, -0.05) is 23.7 Å². The molecule has 1 N–H and O–H groups in total. The average molecular weight is 306 g/mol. The van der Waals surface area contributed by atoms with Crippen molar-refractivity contribution in [2.24, 2.45) is 0 Å². The number of ether oxygens (including phenoxy) is 1. The Hall–Kier alpha value is -1.58. The van der Waals surface area contributed by atoms with E-state index in [1.54, 1.807) is 25.1 Å². The maximum Gasteiger partial charge on any atom is 0.130 e. The fourth-order valence-corrected chi connectivity index (χ4v) is 2.29. The third-order valence-corrected chi connectivity index (χ3v) is 3.91. The Labute approximate surface area is 128 Å². The molecule has 4 heteroatoms. The minimum absolute atomic E-state index is 0.274. The first-order valence-corrected chi connectivity index (χ1v) is 7.45. The Bertz CT molecular complexity index is 655. The van der Waals surface area contributed by atoms with E-state index in [1.165, 1.54) is 18.9 Å². The second-order valence-corrected chi connectivity index (χ2v) is 5.83. The van der Waals surface area contributed by atoms with Crippen molar-refractivity contribution in [1.29, 1.82) is 0 Å². The van der Waals surface area contributed by atoms with E-state index in [0.717, 1.165) is 12.1 Å². The van der Waals surface area contributed by atoms with Crippen LogP contribution >= 0.6 is 11.6 Å². The molecule has 0 aromatic heterocycles. The highest BCUT2D eigenvalue weighted by Gasteiger charge is 2.20. The molecule has 0 spiro atoms. The van der Waals surface area contributed by atoms with Crippen LogP contribution in [0.1, 0.15) is 24.0 Å². The van der Waals surface area contributed by atoms with Crippen LogP contribution in [0.15, 0.2) is 36.4 Å². The number of halogens is 2. The van der Waals surface area contributed by atoms with Crippen LogP contribution in [0.4, 0.5) is 4.39 Å². The van der Waals surface area contributed by atoms with Crippen molar-refractivity contribution in [3.05, 3.63) is 58.4 Å². The predicted molar refractivity (Wildman–Crippen MR) is 82.5 cm³/mol. The number of hydrogen-bond acceptors (Lipinski definition) is 2. The molecule has 21 heavy (non-hydrogen) atoms. The molecule has 1 fully saturated rings. The van der Waals surface area contributed by atoms with E-state index in [2.05, 4.69) is 5.32 Å². The van der Waals surface area contributed by atoms with E-state index in [9.17, 15) is 4.39 Å². The summed E-state index contributed by atoms with van der Waals surface area (Å²) in [6.45, 7) is 2.49. The van der Waals surface area contributed by atoms with Gasteiger partial charge >= 0.3 is 0 Å². The van der Waals surface area contributed by atoms with Gasteiger partial charge in [-0.15, -0.1) is 0 Å². The fraction of sp³-hybridized carbons (Fsp3) is 0.294. The van der Waals surface area contributed by atoms with Gasteiger partial charge in [-0.05, 0) is 49.1 Å². The molecule has 1 saturated carbocycles. The molecule has 110 valence electrons. The standard InChI is InChI=1S/C17H17ClFNO/c1-11-2-6-15(9-17(11)19)21-14-7-3-12(16(18)8-14)10-20-13-4-5-13/h2-3,6-9,13,20H,4-5,10H2,1H3. The minimum Gasteiger partial charge on any atom is -0.457 e. The van der Waals surface area contributed by atoms with Crippen LogP contribution in [0.5, 0.6) is 11.5 Å². The number of nitrogens with one attached hydrogen (secondary N) is 1. The number of hydrogen-bond donors (Lipinski definition) is 1. The summed E-state index contributed by atoms with van der Waals surface area (Å²) >= 11 is 6.26. The lowest BCUT2D eigenvalue weighted by atomic mass is 10.2. The molecule has 2 aromatic rings. The SMILES string of the molecule is Cc1ccc(Oc2ccc(CNC3CC3)c(Cl)c2)cc1F. The summed E-state index contributed by atoms with van der Waals surface area (Å²) in [5.41, 5.74) is 1.65. The van der Waals surface area contributed by atoms with Gasteiger partial charge in [-0.2, -0.15) is 0 Å². The summed E-state index contributed by atoms with van der Waals surface area (Å²) in [6.07, 6.45) is 2.50. The normalized spacial score (nSPS) is 14.2. The molecule has 1 aliphatic rings. The molecule has 0 aliphatic heterocycles. The molecule has 0 unspecified atom stereocenters. The molecule has 0 saturated heterocycles. The number of rotatable bonds is 5. The number of benzene rings is 2. The van der Waals surface area contributed by atoms with Crippen LogP contribution in [-0.4, -0.2) is 6.04 Å². The van der Waals surface area contributed by atoms with Crippen molar-refractivity contribution in [2.45, 2.75) is 32.4 Å². The predicted octanol–water partition coefficient (Wildman–Crippen LogP) is 4.83. The molecular weight excluding hydrogens is 289 g/mol. The molecule has 0 amide bonds. The smallest absolute Gasteiger partial charge is 0.130 e. The molecule has 3 rings (SSSR count). The van der Waals surface area contributed by atoms with E-state index >= 15 is 0 Å². The fourth-order valence-electron chi connectivity index (χ4n) is 2.05. The van der Waals surface area contributed by atoms with Gasteiger partial charge < -0.3 is 10.1 Å². The third kappa shape index (κ3) is 3.74. The van der Waals surface area contributed by atoms with Gasteiger partial charge in [-0.3, -0.25) is 0 Å². The summed E-state index contributed by atoms with van der Waals surface area (Å²) in [5, 5.41) is 4.08. The molecule has 1 aliphatic carbocycles. The first-order valence-electron chi connectivity index (χ1n) is 7.07. The summed E-state index contributed by atoms with van der Waals surface area (Å²) < 4.78 is 19.1. The maximum absolute atomic E-state index is 13.5. The van der Waals surface area contributed by atoms with E-state index in [-0.39, 0.29) is 5.82 Å². The van der Waals surface area contributed by atoms with Crippen molar-refractivity contribution in [3.63, 3.8) is 0 Å². The Morgan fingerprint density at radius 2 is 1.90 bits per heavy atom. The van der Waals surface area contributed by atoms with Crippen LogP contribution in [0.2, 0.25) is 5.02 Å². The van der Waals surface area contributed by atoms with Crippen molar-refractivity contribution < 1.29 is 9.13 Å². The van der Waals surface area contributed by atoms with Gasteiger partial charge in [0.2, 0.25) is 0 Å². The summed E-state index contributed by atoms with van der Waals surface area (Å²) in [7, 11) is 0. The first kappa shape index (κ1) is 14.4. The third-order valence-electron chi connectivity index (χ3n) is 3.56. The van der Waals surface area contributed by atoms with Gasteiger partial charge in [0.15, 0.2) is 0 Å². The molecular formula is C17H17ClFNO. The van der Waals surface area contributed by atoms with Gasteiger partial charge in [0.05, 0.1) is 0 Å². The van der Waals surface area contributed by atoms with Gasteiger partial charge in [0, 0.05) is 23.7 Å². The lowest BCUT2D eigenvalue weighted by molar-refractivity contribution is 0.475. The summed E-state index contributed by atoms with van der Waals surface area (Å²) in [6, 6.07) is 11.0. The highest BCUT2D eigenvalue weighted by atomic mass is 35.5. The maximum atomic E-state index is 13.5. The monoisotopic (exact) mass is 305 g/mol. The van der Waals surface area contributed by atoms with Crippen LogP contribution in [0, 0.1) is 12.7 Å². The molecule has 2 nitrogen and oxygen atoms in total. The highest BCUT2D eigenvalue weighted by Crippen LogP contribution is 2.28. The summed E-state index contributed by atoms with van der Waals surface area (Å²) in [5.74, 6) is 0.806. The van der Waals surface area contributed by atoms with Crippen LogP contribution in [0.25, 0.3) is 0 Å². The second kappa shape index (κ2) is 6.04. The van der Waals surface area contributed by atoms with Crippen molar-refractivity contribution >= 4 is 11.6 Å². The zero-order chi connectivity index (χ0) is 14.8. The zero-order valence-electron chi connectivity index (χ0n) is 11.8. The minimum atomic E-state index is -0.274. The lowest BCUT2D eigenvalue weighted by Gasteiger charge is -2.10. The largest absolute Gasteiger partial charge is 0.457 e. The molecule has 2 aromatic carbocycles. The van der Waals surface area contributed by atoms with E-state index in [4.69, 9.17) is 16.3 Å². The van der Waals surface area contributed by atoms with Gasteiger partial charge in [0.25, 0.3) is 0 Å². The first-order chi connectivity index (χ1) is 10.1. The Balaban J connectivity index is 1.70. The van der Waals surface area contributed by atoms with Gasteiger partial charge in [0.1, 0.15) is 17.3 Å². The van der Waals surface area contributed by atoms with E-state index in [0.29, 0.717) is 28.1 Å². The quantitative estimate of drug-likeness (QED) is 0.854. The average Bonchev–Trinajstić information content (AvgIpc) is 3.26. The highest BCUT2D eigenvalue weighted by molar-refractivity contribution is 6.31. The van der Waals surface area contributed by atoms with Crippen molar-refractivity contribution in [3.8, 4) is 11.5 Å².